The molecule has 0 bridgehead atoms. The Hall–Kier alpha value is -0.640. The molecular formula is C12H20ClN3. The van der Waals surface area contributed by atoms with Gasteiger partial charge in [0.15, 0.2) is 0 Å². The highest BCUT2D eigenvalue weighted by Gasteiger charge is 2.25. The van der Waals surface area contributed by atoms with Crippen LogP contribution in [-0.2, 0) is 6.54 Å². The molecule has 0 aromatic carbocycles. The maximum atomic E-state index is 6.04. The second kappa shape index (κ2) is 5.62. The first kappa shape index (κ1) is 13.4. The van der Waals surface area contributed by atoms with Crippen LogP contribution in [0.3, 0.4) is 0 Å². The third-order valence-electron chi connectivity index (χ3n) is 3.24. The van der Waals surface area contributed by atoms with Crippen LogP contribution in [0.4, 0.5) is 0 Å². The van der Waals surface area contributed by atoms with Gasteiger partial charge in [-0.2, -0.15) is 0 Å². The van der Waals surface area contributed by atoms with Gasteiger partial charge >= 0.3 is 0 Å². The molecule has 1 aromatic heterocycles. The van der Waals surface area contributed by atoms with Gasteiger partial charge in [-0.05, 0) is 24.5 Å². The van der Waals surface area contributed by atoms with Crippen LogP contribution in [0.25, 0.3) is 0 Å². The highest BCUT2D eigenvalue weighted by Crippen LogP contribution is 2.18. The van der Waals surface area contributed by atoms with Crippen LogP contribution in [-0.4, -0.2) is 17.1 Å². The molecule has 1 unspecified atom stereocenters. The summed E-state index contributed by atoms with van der Waals surface area (Å²) in [5.41, 5.74) is 6.79. The Morgan fingerprint density at radius 1 is 1.56 bits per heavy atom. The predicted octanol–water partition coefficient (Wildman–Crippen LogP) is 2.20. The average Bonchev–Trinajstić information content (AvgIpc) is 2.27. The molecule has 90 valence electrons. The van der Waals surface area contributed by atoms with Crippen molar-refractivity contribution in [3.8, 4) is 0 Å². The van der Waals surface area contributed by atoms with Crippen LogP contribution in [0.5, 0.6) is 0 Å². The van der Waals surface area contributed by atoms with Gasteiger partial charge in [0, 0.05) is 31.0 Å². The number of nitrogens with two attached hydrogens (primary N) is 1. The fourth-order valence-electron chi connectivity index (χ4n) is 1.36. The van der Waals surface area contributed by atoms with Gasteiger partial charge < -0.3 is 11.1 Å². The molecule has 0 saturated carbocycles. The van der Waals surface area contributed by atoms with Crippen molar-refractivity contribution in [1.29, 1.82) is 0 Å². The summed E-state index contributed by atoms with van der Waals surface area (Å²) >= 11 is 6.04. The third-order valence-corrected chi connectivity index (χ3v) is 3.58. The molecule has 1 atom stereocenters. The summed E-state index contributed by atoms with van der Waals surface area (Å²) in [7, 11) is 0. The number of pyridine rings is 1. The molecule has 0 fully saturated rings. The Bertz CT molecular complexity index is 341. The van der Waals surface area contributed by atoms with Crippen molar-refractivity contribution in [1.82, 2.24) is 10.3 Å². The Balaban J connectivity index is 2.67. The summed E-state index contributed by atoms with van der Waals surface area (Å²) in [5.74, 6) is 0.470. The van der Waals surface area contributed by atoms with E-state index in [2.05, 4.69) is 31.1 Å². The van der Waals surface area contributed by atoms with Crippen molar-refractivity contribution in [3.63, 3.8) is 0 Å². The van der Waals surface area contributed by atoms with Crippen LogP contribution in [0.2, 0.25) is 5.02 Å². The normalized spacial score (nSPS) is 15.1. The first-order valence-corrected chi connectivity index (χ1v) is 5.91. The van der Waals surface area contributed by atoms with Gasteiger partial charge in [-0.3, -0.25) is 4.98 Å². The van der Waals surface area contributed by atoms with Crippen molar-refractivity contribution in [3.05, 3.63) is 29.0 Å². The predicted molar refractivity (Wildman–Crippen MR) is 68.4 cm³/mol. The van der Waals surface area contributed by atoms with Crippen molar-refractivity contribution in [2.24, 2.45) is 11.7 Å². The fourth-order valence-corrected chi connectivity index (χ4v) is 1.54. The molecule has 1 heterocycles. The minimum atomic E-state index is -0.0629. The van der Waals surface area contributed by atoms with Crippen LogP contribution < -0.4 is 11.1 Å². The second-order valence-electron chi connectivity index (χ2n) is 4.60. The van der Waals surface area contributed by atoms with E-state index in [1.165, 1.54) is 0 Å². The van der Waals surface area contributed by atoms with Gasteiger partial charge in [0.05, 0.1) is 5.02 Å². The Labute approximate surface area is 102 Å². The maximum absolute atomic E-state index is 6.04. The Kier molecular flexibility index (Phi) is 4.71. The van der Waals surface area contributed by atoms with Crippen molar-refractivity contribution >= 4 is 11.6 Å². The lowest BCUT2D eigenvalue weighted by atomic mass is 9.88. The second-order valence-corrected chi connectivity index (χ2v) is 5.00. The van der Waals surface area contributed by atoms with E-state index in [-0.39, 0.29) is 5.54 Å². The quantitative estimate of drug-likeness (QED) is 0.831. The van der Waals surface area contributed by atoms with Crippen molar-refractivity contribution in [2.45, 2.75) is 32.9 Å². The molecule has 0 spiro atoms. The van der Waals surface area contributed by atoms with E-state index >= 15 is 0 Å². The van der Waals surface area contributed by atoms with Crippen molar-refractivity contribution in [2.75, 3.05) is 6.54 Å². The lowest BCUT2D eigenvalue weighted by Gasteiger charge is -2.34. The van der Waals surface area contributed by atoms with E-state index in [0.717, 1.165) is 5.56 Å². The molecule has 1 aromatic rings. The first-order valence-electron chi connectivity index (χ1n) is 5.53. The number of hydrogen-bond acceptors (Lipinski definition) is 3. The number of halogens is 1. The molecule has 3 N–H and O–H groups in total. The summed E-state index contributed by atoms with van der Waals surface area (Å²) in [4.78, 5) is 3.96. The number of nitrogens with one attached hydrogen (secondary N) is 1. The zero-order valence-electron chi connectivity index (χ0n) is 10.1. The van der Waals surface area contributed by atoms with Crippen LogP contribution in [0.1, 0.15) is 26.3 Å². The van der Waals surface area contributed by atoms with Gasteiger partial charge in [-0.25, -0.2) is 0 Å². The first-order chi connectivity index (χ1) is 7.49. The molecular weight excluding hydrogens is 222 g/mol. The summed E-state index contributed by atoms with van der Waals surface area (Å²) in [5, 5.41) is 4.16. The van der Waals surface area contributed by atoms with Gasteiger partial charge in [0.2, 0.25) is 0 Å². The van der Waals surface area contributed by atoms with Crippen LogP contribution in [0, 0.1) is 5.92 Å². The van der Waals surface area contributed by atoms with Gasteiger partial charge in [-0.1, -0.05) is 25.4 Å². The van der Waals surface area contributed by atoms with E-state index in [4.69, 9.17) is 17.3 Å². The smallest absolute Gasteiger partial charge is 0.0634 e. The molecule has 0 aliphatic carbocycles. The summed E-state index contributed by atoms with van der Waals surface area (Å²) in [6, 6.07) is 1.92. The minimum absolute atomic E-state index is 0.0629. The number of nitrogens with zero attached hydrogens (tertiary/aromatic N) is 1. The van der Waals surface area contributed by atoms with Crippen LogP contribution >= 0.6 is 11.6 Å². The molecule has 0 amide bonds. The van der Waals surface area contributed by atoms with E-state index in [0.29, 0.717) is 24.0 Å². The largest absolute Gasteiger partial charge is 0.329 e. The monoisotopic (exact) mass is 241 g/mol. The molecule has 4 heteroatoms. The number of aromatic nitrogens is 1. The number of hydrogen-bond donors (Lipinski definition) is 2. The molecule has 0 aliphatic rings. The van der Waals surface area contributed by atoms with Gasteiger partial charge in [0.1, 0.15) is 0 Å². The Morgan fingerprint density at radius 2 is 2.25 bits per heavy atom. The van der Waals surface area contributed by atoms with Crippen LogP contribution in [0.15, 0.2) is 18.5 Å². The molecule has 16 heavy (non-hydrogen) atoms. The van der Waals surface area contributed by atoms with E-state index in [1.807, 2.05) is 6.07 Å². The molecule has 0 radical (unpaired) electrons. The number of rotatable bonds is 5. The zero-order chi connectivity index (χ0) is 12.2. The average molecular weight is 242 g/mol. The van der Waals surface area contributed by atoms with Gasteiger partial charge in [-0.15, -0.1) is 0 Å². The van der Waals surface area contributed by atoms with Gasteiger partial charge in [0.25, 0.3) is 0 Å². The standard InChI is InChI=1S/C12H20ClN3/c1-9(2)12(3,8-14)16-6-10-4-5-15-7-11(10)13/h4-5,7,9,16H,6,8,14H2,1-3H3. The van der Waals surface area contributed by atoms with E-state index < -0.39 is 0 Å². The highest BCUT2D eigenvalue weighted by atomic mass is 35.5. The maximum Gasteiger partial charge on any atom is 0.0634 e. The Morgan fingerprint density at radius 3 is 2.75 bits per heavy atom. The SMILES string of the molecule is CC(C)C(C)(CN)NCc1ccncc1Cl. The van der Waals surface area contributed by atoms with E-state index in [1.54, 1.807) is 12.4 Å². The third kappa shape index (κ3) is 3.17. The summed E-state index contributed by atoms with van der Waals surface area (Å²) in [6.07, 6.45) is 3.41. The molecule has 0 aliphatic heterocycles. The molecule has 3 nitrogen and oxygen atoms in total. The summed E-state index contributed by atoms with van der Waals surface area (Å²) in [6.45, 7) is 7.77. The topological polar surface area (TPSA) is 50.9 Å². The lowest BCUT2D eigenvalue weighted by molar-refractivity contribution is 0.267. The fraction of sp³-hybridized carbons (Fsp3) is 0.583. The minimum Gasteiger partial charge on any atom is -0.329 e. The highest BCUT2D eigenvalue weighted by molar-refractivity contribution is 6.31. The van der Waals surface area contributed by atoms with E-state index in [9.17, 15) is 0 Å². The summed E-state index contributed by atoms with van der Waals surface area (Å²) < 4.78 is 0. The lowest BCUT2D eigenvalue weighted by Crippen LogP contribution is -2.52. The molecule has 1 rings (SSSR count). The zero-order valence-corrected chi connectivity index (χ0v) is 10.9. The molecule has 0 saturated heterocycles. The van der Waals surface area contributed by atoms with Crippen molar-refractivity contribution < 1.29 is 0 Å².